The Bertz CT molecular complexity index is 841. The Morgan fingerprint density at radius 1 is 0.767 bits per heavy atom. The molecule has 2 aliphatic heterocycles. The highest BCUT2D eigenvalue weighted by atomic mass is 16.7. The molecule has 0 aliphatic carbocycles. The van der Waals surface area contributed by atoms with Crippen molar-refractivity contribution in [3.8, 4) is 0 Å². The van der Waals surface area contributed by atoms with Crippen LogP contribution in [0.4, 0.5) is 11.4 Å². The minimum Gasteiger partial charge on any atom is -0.399 e. The molecule has 0 bridgehead atoms. The molecule has 30 heavy (non-hydrogen) atoms. The van der Waals surface area contributed by atoms with Crippen molar-refractivity contribution in [2.45, 2.75) is 51.9 Å². The van der Waals surface area contributed by atoms with Gasteiger partial charge in [-0.05, 0) is 69.9 Å². The van der Waals surface area contributed by atoms with Gasteiger partial charge < -0.3 is 24.2 Å². The van der Waals surface area contributed by atoms with Crippen molar-refractivity contribution in [1.29, 1.82) is 0 Å². The van der Waals surface area contributed by atoms with Gasteiger partial charge in [-0.25, -0.2) is 0 Å². The number of rotatable bonds is 4. The molecule has 1 atom stereocenters. The lowest BCUT2D eigenvalue weighted by molar-refractivity contribution is 0.00578. The minimum absolute atomic E-state index is 0.314. The zero-order valence-corrected chi connectivity index (χ0v) is 18.8. The van der Waals surface area contributed by atoms with Gasteiger partial charge in [0.15, 0.2) is 0 Å². The van der Waals surface area contributed by atoms with E-state index in [1.807, 2.05) is 12.1 Å². The highest BCUT2D eigenvalue weighted by Crippen LogP contribution is 2.36. The lowest BCUT2D eigenvalue weighted by Crippen LogP contribution is -2.46. The van der Waals surface area contributed by atoms with E-state index in [1.165, 1.54) is 11.4 Å². The molecule has 2 aliphatic rings. The summed E-state index contributed by atoms with van der Waals surface area (Å²) < 4.78 is 12.3. The van der Waals surface area contributed by atoms with Crippen molar-refractivity contribution in [3.63, 3.8) is 0 Å². The third kappa shape index (κ3) is 4.09. The van der Waals surface area contributed by atoms with Gasteiger partial charge in [0.05, 0.1) is 17.3 Å². The molecule has 4 rings (SSSR count). The summed E-state index contributed by atoms with van der Waals surface area (Å²) in [5, 5.41) is 9.69. The molecule has 0 radical (unpaired) electrons. The van der Waals surface area contributed by atoms with E-state index in [4.69, 9.17) is 9.31 Å². The van der Waals surface area contributed by atoms with Gasteiger partial charge in [0, 0.05) is 37.6 Å². The summed E-state index contributed by atoms with van der Waals surface area (Å²) in [5.74, 6) is 0. The van der Waals surface area contributed by atoms with E-state index in [0.717, 1.165) is 37.2 Å². The second-order valence-electron chi connectivity index (χ2n) is 9.42. The maximum atomic E-state index is 9.69. The normalized spacial score (nSPS) is 21.7. The molecule has 2 saturated heterocycles. The van der Waals surface area contributed by atoms with E-state index in [0.29, 0.717) is 0 Å². The van der Waals surface area contributed by atoms with E-state index < -0.39 is 6.10 Å². The van der Waals surface area contributed by atoms with Crippen LogP contribution in [0.25, 0.3) is 0 Å². The van der Waals surface area contributed by atoms with Crippen LogP contribution in [-0.2, 0) is 9.31 Å². The smallest absolute Gasteiger partial charge is 0.399 e. The van der Waals surface area contributed by atoms with E-state index >= 15 is 0 Å². The van der Waals surface area contributed by atoms with Gasteiger partial charge in [0.1, 0.15) is 0 Å². The van der Waals surface area contributed by atoms with E-state index in [-0.39, 0.29) is 18.3 Å². The molecule has 0 saturated carbocycles. The van der Waals surface area contributed by atoms with Crippen LogP contribution in [0.15, 0.2) is 48.5 Å². The zero-order chi connectivity index (χ0) is 21.5. The van der Waals surface area contributed by atoms with Crippen molar-refractivity contribution < 1.29 is 14.4 Å². The van der Waals surface area contributed by atoms with Gasteiger partial charge in [-0.3, -0.25) is 0 Å². The second kappa shape index (κ2) is 7.91. The molecule has 2 heterocycles. The van der Waals surface area contributed by atoms with Crippen LogP contribution in [0.1, 0.15) is 46.3 Å². The van der Waals surface area contributed by atoms with Crippen LogP contribution in [0.3, 0.4) is 0 Å². The molecule has 2 aromatic carbocycles. The first-order valence-corrected chi connectivity index (χ1v) is 10.9. The maximum Gasteiger partial charge on any atom is 0.494 e. The second-order valence-corrected chi connectivity index (χ2v) is 9.42. The fourth-order valence-electron chi connectivity index (χ4n) is 4.01. The van der Waals surface area contributed by atoms with Crippen LogP contribution in [0.5, 0.6) is 0 Å². The van der Waals surface area contributed by atoms with Gasteiger partial charge in [-0.1, -0.05) is 24.3 Å². The van der Waals surface area contributed by atoms with Gasteiger partial charge in [-0.2, -0.15) is 0 Å². The summed E-state index contributed by atoms with van der Waals surface area (Å²) in [4.78, 5) is 4.83. The van der Waals surface area contributed by atoms with E-state index in [1.54, 1.807) is 6.92 Å². The number of hydrogen-bond acceptors (Lipinski definition) is 5. The predicted molar refractivity (Wildman–Crippen MR) is 124 cm³/mol. The number of benzene rings is 2. The zero-order valence-electron chi connectivity index (χ0n) is 18.8. The highest BCUT2D eigenvalue weighted by molar-refractivity contribution is 6.62. The Balaban J connectivity index is 1.36. The van der Waals surface area contributed by atoms with Crippen molar-refractivity contribution >= 4 is 24.0 Å². The van der Waals surface area contributed by atoms with E-state index in [9.17, 15) is 5.11 Å². The fraction of sp³-hybridized carbons (Fsp3) is 0.500. The topological polar surface area (TPSA) is 45.2 Å². The van der Waals surface area contributed by atoms with E-state index in [2.05, 4.69) is 73.9 Å². The standard InChI is InChI=1S/C24H33BN2O3/c1-18(28)19-6-10-21(11-7-19)26-14-16-27(17-15-26)22-12-8-20(9-13-22)25-29-23(2,3)24(4,5)30-25/h6-13,18,28H,14-17H2,1-5H3. The fourth-order valence-corrected chi connectivity index (χ4v) is 4.01. The predicted octanol–water partition coefficient (Wildman–Crippen LogP) is 3.37. The number of hydrogen-bond donors (Lipinski definition) is 1. The SMILES string of the molecule is CC(O)c1ccc(N2CCN(c3ccc(B4OC(C)(C)C(C)(C)O4)cc3)CC2)cc1. The van der Waals surface area contributed by atoms with Gasteiger partial charge in [0.25, 0.3) is 0 Å². The van der Waals surface area contributed by atoms with Crippen LogP contribution in [0.2, 0.25) is 0 Å². The van der Waals surface area contributed by atoms with Crippen LogP contribution < -0.4 is 15.3 Å². The molecular formula is C24H33BN2O3. The molecule has 0 amide bonds. The number of aliphatic hydroxyl groups is 1. The Kier molecular flexibility index (Phi) is 5.60. The summed E-state index contributed by atoms with van der Waals surface area (Å²) in [6.45, 7) is 14.0. The lowest BCUT2D eigenvalue weighted by atomic mass is 9.79. The van der Waals surface area contributed by atoms with Crippen molar-refractivity contribution in [3.05, 3.63) is 54.1 Å². The molecule has 2 aromatic rings. The third-order valence-electron chi connectivity index (χ3n) is 6.80. The quantitative estimate of drug-likeness (QED) is 0.787. The molecule has 0 spiro atoms. The number of piperazine rings is 1. The van der Waals surface area contributed by atoms with Crippen LogP contribution in [-0.4, -0.2) is 49.6 Å². The molecule has 1 N–H and O–H groups in total. The molecule has 6 heteroatoms. The van der Waals surface area contributed by atoms with Crippen LogP contribution >= 0.6 is 0 Å². The first-order chi connectivity index (χ1) is 14.2. The van der Waals surface area contributed by atoms with Crippen molar-refractivity contribution in [2.24, 2.45) is 0 Å². The largest absolute Gasteiger partial charge is 0.494 e. The Morgan fingerprint density at radius 2 is 1.17 bits per heavy atom. The highest BCUT2D eigenvalue weighted by Gasteiger charge is 2.51. The third-order valence-corrected chi connectivity index (χ3v) is 6.80. The van der Waals surface area contributed by atoms with Crippen molar-refractivity contribution in [1.82, 2.24) is 0 Å². The lowest BCUT2D eigenvalue weighted by Gasteiger charge is -2.37. The Morgan fingerprint density at radius 3 is 1.57 bits per heavy atom. The first-order valence-electron chi connectivity index (χ1n) is 10.9. The summed E-state index contributed by atoms with van der Waals surface area (Å²) in [7, 11) is -0.314. The first kappa shape index (κ1) is 21.2. The molecule has 2 fully saturated rings. The molecular weight excluding hydrogens is 375 g/mol. The average Bonchev–Trinajstić information content (AvgIpc) is 2.95. The maximum absolute atomic E-state index is 9.69. The monoisotopic (exact) mass is 408 g/mol. The summed E-state index contributed by atoms with van der Waals surface area (Å²) in [6.07, 6.45) is -0.420. The Hall–Kier alpha value is -2.02. The molecule has 1 unspecified atom stereocenters. The molecule has 5 nitrogen and oxygen atoms in total. The number of aliphatic hydroxyl groups excluding tert-OH is 1. The van der Waals surface area contributed by atoms with Gasteiger partial charge in [-0.15, -0.1) is 0 Å². The molecule has 160 valence electrons. The summed E-state index contributed by atoms with van der Waals surface area (Å²) >= 11 is 0. The van der Waals surface area contributed by atoms with Gasteiger partial charge >= 0.3 is 7.12 Å². The van der Waals surface area contributed by atoms with Gasteiger partial charge in [0.2, 0.25) is 0 Å². The average molecular weight is 408 g/mol. The van der Waals surface area contributed by atoms with Crippen molar-refractivity contribution in [2.75, 3.05) is 36.0 Å². The summed E-state index contributed by atoms with van der Waals surface area (Å²) in [6, 6.07) is 16.8. The number of anilines is 2. The Labute approximate surface area is 180 Å². The van der Waals surface area contributed by atoms with Crippen LogP contribution in [0, 0.1) is 0 Å². The minimum atomic E-state index is -0.420. The number of nitrogens with zero attached hydrogens (tertiary/aromatic N) is 2. The molecule has 0 aromatic heterocycles. The summed E-state index contributed by atoms with van der Waals surface area (Å²) in [5.41, 5.74) is 3.84.